The highest BCUT2D eigenvalue weighted by atomic mass is 14.2. The van der Waals surface area contributed by atoms with Gasteiger partial charge in [-0.3, -0.25) is 0 Å². The molecule has 0 N–H and O–H groups in total. The summed E-state index contributed by atoms with van der Waals surface area (Å²) >= 11 is 0. The van der Waals surface area contributed by atoms with Gasteiger partial charge >= 0.3 is 0 Å². The molecule has 0 aliphatic carbocycles. The van der Waals surface area contributed by atoms with Gasteiger partial charge in [0.05, 0.1) is 0 Å². The molecule has 0 unspecified atom stereocenters. The number of fused-ring (bicyclic) bond motifs is 2. The molecule has 0 amide bonds. The first-order valence-electron chi connectivity index (χ1n) is 11.5. The van der Waals surface area contributed by atoms with Crippen LogP contribution in [0.3, 0.4) is 0 Å². The van der Waals surface area contributed by atoms with Gasteiger partial charge in [0.2, 0.25) is 0 Å². The first-order chi connectivity index (χ1) is 16.3. The fourth-order valence-corrected chi connectivity index (χ4v) is 4.96. The highest BCUT2D eigenvalue weighted by Gasteiger charge is 2.16. The van der Waals surface area contributed by atoms with Crippen molar-refractivity contribution in [1.29, 1.82) is 0 Å². The molecule has 0 saturated carbocycles. The normalized spacial score (nSPS) is 11.2. The lowest BCUT2D eigenvalue weighted by Crippen LogP contribution is -1.91. The first kappa shape index (κ1) is 19.5. The Balaban J connectivity index is 1.70. The van der Waals surface area contributed by atoms with Gasteiger partial charge < -0.3 is 0 Å². The third kappa shape index (κ3) is 3.41. The molecule has 0 heterocycles. The van der Waals surface area contributed by atoms with Crippen LogP contribution in [0.15, 0.2) is 127 Å². The quantitative estimate of drug-likeness (QED) is 0.250. The molecule has 156 valence electrons. The SMILES string of the molecule is Cc1ccc(-c2c3ccccc3c(-c3cccc(-c4ccccc4)c3)c3ccccc23)cc1. The smallest absolute Gasteiger partial charge is 0.00262 e. The zero-order chi connectivity index (χ0) is 22.2. The zero-order valence-electron chi connectivity index (χ0n) is 18.6. The van der Waals surface area contributed by atoms with Crippen LogP contribution in [0.4, 0.5) is 0 Å². The molecule has 33 heavy (non-hydrogen) atoms. The van der Waals surface area contributed by atoms with Gasteiger partial charge in [-0.25, -0.2) is 0 Å². The number of rotatable bonds is 3. The van der Waals surface area contributed by atoms with Gasteiger partial charge in [0.15, 0.2) is 0 Å². The van der Waals surface area contributed by atoms with E-state index in [-0.39, 0.29) is 0 Å². The zero-order valence-corrected chi connectivity index (χ0v) is 18.6. The Morgan fingerprint density at radius 1 is 0.333 bits per heavy atom. The van der Waals surface area contributed by atoms with Gasteiger partial charge in [-0.05, 0) is 67.9 Å². The lowest BCUT2D eigenvalue weighted by atomic mass is 9.85. The molecule has 6 rings (SSSR count). The number of aryl methyl sites for hydroxylation is 1. The lowest BCUT2D eigenvalue weighted by Gasteiger charge is -2.18. The molecule has 0 saturated heterocycles. The van der Waals surface area contributed by atoms with Crippen molar-refractivity contribution in [2.24, 2.45) is 0 Å². The highest BCUT2D eigenvalue weighted by molar-refractivity contribution is 6.21. The van der Waals surface area contributed by atoms with E-state index in [1.807, 2.05) is 0 Å². The van der Waals surface area contributed by atoms with E-state index < -0.39 is 0 Å². The lowest BCUT2D eigenvalue weighted by molar-refractivity contribution is 1.47. The third-order valence-corrected chi connectivity index (χ3v) is 6.53. The van der Waals surface area contributed by atoms with Gasteiger partial charge in [0.25, 0.3) is 0 Å². The van der Waals surface area contributed by atoms with Crippen LogP contribution in [0.5, 0.6) is 0 Å². The molecular formula is C33H24. The molecule has 0 atom stereocenters. The fraction of sp³-hybridized carbons (Fsp3) is 0.0303. The van der Waals surface area contributed by atoms with Crippen LogP contribution in [0.2, 0.25) is 0 Å². The van der Waals surface area contributed by atoms with Crippen LogP contribution in [-0.2, 0) is 0 Å². The van der Waals surface area contributed by atoms with Gasteiger partial charge in [-0.2, -0.15) is 0 Å². The molecular weight excluding hydrogens is 396 g/mol. The Morgan fingerprint density at radius 3 is 1.36 bits per heavy atom. The number of hydrogen-bond donors (Lipinski definition) is 0. The fourth-order valence-electron chi connectivity index (χ4n) is 4.96. The molecule has 0 bridgehead atoms. The number of hydrogen-bond acceptors (Lipinski definition) is 0. The van der Waals surface area contributed by atoms with Crippen molar-refractivity contribution in [2.75, 3.05) is 0 Å². The summed E-state index contributed by atoms with van der Waals surface area (Å²) in [7, 11) is 0. The van der Waals surface area contributed by atoms with E-state index in [1.165, 1.54) is 60.5 Å². The van der Waals surface area contributed by atoms with E-state index in [9.17, 15) is 0 Å². The molecule has 6 aromatic carbocycles. The molecule has 0 fully saturated rings. The topological polar surface area (TPSA) is 0 Å². The van der Waals surface area contributed by atoms with Gasteiger partial charge in [0, 0.05) is 0 Å². The summed E-state index contributed by atoms with van der Waals surface area (Å²) in [6, 6.07) is 46.2. The maximum absolute atomic E-state index is 2.33. The largest absolute Gasteiger partial charge is 0.0622 e. The second-order valence-electron chi connectivity index (χ2n) is 8.65. The molecule has 0 aromatic heterocycles. The highest BCUT2D eigenvalue weighted by Crippen LogP contribution is 2.44. The van der Waals surface area contributed by atoms with Crippen molar-refractivity contribution < 1.29 is 0 Å². The first-order valence-corrected chi connectivity index (χ1v) is 11.5. The summed E-state index contributed by atoms with van der Waals surface area (Å²) in [5.74, 6) is 0. The van der Waals surface area contributed by atoms with E-state index in [1.54, 1.807) is 0 Å². The molecule has 0 heteroatoms. The number of benzene rings is 6. The van der Waals surface area contributed by atoms with Crippen molar-refractivity contribution in [3.05, 3.63) is 133 Å². The molecule has 0 aliphatic rings. The minimum Gasteiger partial charge on any atom is -0.0622 e. The Kier molecular flexibility index (Phi) is 4.78. The summed E-state index contributed by atoms with van der Waals surface area (Å²) < 4.78 is 0. The van der Waals surface area contributed by atoms with Gasteiger partial charge in [0.1, 0.15) is 0 Å². The van der Waals surface area contributed by atoms with E-state index in [0.29, 0.717) is 0 Å². The van der Waals surface area contributed by atoms with Gasteiger partial charge in [-0.1, -0.05) is 127 Å². The van der Waals surface area contributed by atoms with Crippen molar-refractivity contribution in [2.45, 2.75) is 6.92 Å². The van der Waals surface area contributed by atoms with Crippen LogP contribution in [-0.4, -0.2) is 0 Å². The van der Waals surface area contributed by atoms with Crippen LogP contribution < -0.4 is 0 Å². The Morgan fingerprint density at radius 2 is 0.788 bits per heavy atom. The predicted molar refractivity (Wildman–Crippen MR) is 142 cm³/mol. The van der Waals surface area contributed by atoms with Crippen molar-refractivity contribution in [3.8, 4) is 33.4 Å². The maximum Gasteiger partial charge on any atom is -0.00262 e. The summed E-state index contributed by atoms with van der Waals surface area (Å²) in [6.45, 7) is 2.14. The second-order valence-corrected chi connectivity index (χ2v) is 8.65. The molecule has 0 nitrogen and oxygen atoms in total. The molecule has 0 spiro atoms. The van der Waals surface area contributed by atoms with Crippen molar-refractivity contribution in [1.82, 2.24) is 0 Å². The van der Waals surface area contributed by atoms with E-state index in [4.69, 9.17) is 0 Å². The summed E-state index contributed by atoms with van der Waals surface area (Å²) in [5, 5.41) is 5.16. The van der Waals surface area contributed by atoms with E-state index >= 15 is 0 Å². The molecule has 6 aromatic rings. The standard InChI is InChI=1S/C33H24/c1-23-18-20-25(21-19-23)32-28-14-5-7-16-30(28)33(31-17-8-6-15-29(31)32)27-13-9-12-26(22-27)24-10-3-2-4-11-24/h2-22H,1H3. The van der Waals surface area contributed by atoms with Crippen LogP contribution in [0.25, 0.3) is 54.9 Å². The van der Waals surface area contributed by atoms with Crippen molar-refractivity contribution >= 4 is 21.5 Å². The predicted octanol–water partition coefficient (Wildman–Crippen LogP) is 9.30. The summed E-state index contributed by atoms with van der Waals surface area (Å²) in [6.07, 6.45) is 0. The van der Waals surface area contributed by atoms with Crippen molar-refractivity contribution in [3.63, 3.8) is 0 Å². The van der Waals surface area contributed by atoms with E-state index in [0.717, 1.165) is 0 Å². The van der Waals surface area contributed by atoms with Crippen LogP contribution in [0, 0.1) is 6.92 Å². The molecule has 0 aliphatic heterocycles. The Bertz CT molecular complexity index is 1530. The average molecular weight is 421 g/mol. The monoisotopic (exact) mass is 420 g/mol. The van der Waals surface area contributed by atoms with Crippen LogP contribution in [0.1, 0.15) is 5.56 Å². The van der Waals surface area contributed by atoms with Crippen LogP contribution >= 0.6 is 0 Å². The summed E-state index contributed by atoms with van der Waals surface area (Å²) in [4.78, 5) is 0. The molecule has 0 radical (unpaired) electrons. The van der Waals surface area contributed by atoms with E-state index in [2.05, 4.69) is 134 Å². The Labute approximate surface area is 194 Å². The maximum atomic E-state index is 2.33. The second kappa shape index (κ2) is 8.07. The minimum absolute atomic E-state index is 1.24. The minimum atomic E-state index is 1.24. The third-order valence-electron chi connectivity index (χ3n) is 6.53. The summed E-state index contributed by atoms with van der Waals surface area (Å²) in [5.41, 5.74) is 8.88. The van der Waals surface area contributed by atoms with Gasteiger partial charge in [-0.15, -0.1) is 0 Å². The average Bonchev–Trinajstić information content (AvgIpc) is 2.88. The Hall–Kier alpha value is -4.16.